The molecule has 0 spiro atoms. The lowest BCUT2D eigenvalue weighted by Crippen LogP contribution is -2.19. The highest BCUT2D eigenvalue weighted by molar-refractivity contribution is 6.00. The molecular formula is C14H24ClN5O4. The minimum absolute atomic E-state index is 0. The molecule has 0 bridgehead atoms. The maximum Gasteiger partial charge on any atom is 0.342 e. The van der Waals surface area contributed by atoms with Gasteiger partial charge >= 0.3 is 11.7 Å². The molecule has 1 aromatic heterocycles. The van der Waals surface area contributed by atoms with Gasteiger partial charge in [0, 0.05) is 6.54 Å². The molecule has 0 unspecified atom stereocenters. The van der Waals surface area contributed by atoms with Crippen LogP contribution in [0.15, 0.2) is 0 Å². The van der Waals surface area contributed by atoms with Crippen LogP contribution in [0.4, 0.5) is 17.2 Å². The van der Waals surface area contributed by atoms with Gasteiger partial charge in [-0.25, -0.2) is 9.78 Å². The van der Waals surface area contributed by atoms with Gasteiger partial charge < -0.3 is 20.7 Å². The molecule has 24 heavy (non-hydrogen) atoms. The molecule has 0 saturated carbocycles. The monoisotopic (exact) mass is 361 g/mol. The Kier molecular flexibility index (Phi) is 9.01. The summed E-state index contributed by atoms with van der Waals surface area (Å²) in [6.07, 6.45) is 0.744. The van der Waals surface area contributed by atoms with Gasteiger partial charge in [0.1, 0.15) is 11.3 Å². The van der Waals surface area contributed by atoms with Crippen LogP contribution in [0.3, 0.4) is 0 Å². The molecule has 0 radical (unpaired) electrons. The van der Waals surface area contributed by atoms with Crippen molar-refractivity contribution >= 4 is 35.6 Å². The summed E-state index contributed by atoms with van der Waals surface area (Å²) in [5, 5.41) is 14.3. The van der Waals surface area contributed by atoms with Gasteiger partial charge in [0.05, 0.1) is 17.2 Å². The van der Waals surface area contributed by atoms with Crippen molar-refractivity contribution in [3.8, 4) is 0 Å². The van der Waals surface area contributed by atoms with E-state index in [1.807, 2.05) is 19.0 Å². The second-order valence-corrected chi connectivity index (χ2v) is 5.24. The second kappa shape index (κ2) is 9.89. The molecule has 10 heteroatoms. The summed E-state index contributed by atoms with van der Waals surface area (Å²) in [4.78, 5) is 28.7. The van der Waals surface area contributed by atoms with Gasteiger partial charge in [-0.05, 0) is 40.9 Å². The van der Waals surface area contributed by atoms with E-state index in [1.54, 1.807) is 13.8 Å². The Hall–Kier alpha value is -2.13. The number of pyridine rings is 1. The van der Waals surface area contributed by atoms with Crippen molar-refractivity contribution in [1.29, 1.82) is 0 Å². The molecule has 1 heterocycles. The van der Waals surface area contributed by atoms with Gasteiger partial charge in [0.25, 0.3) is 0 Å². The summed E-state index contributed by atoms with van der Waals surface area (Å²) in [7, 11) is 3.86. The van der Waals surface area contributed by atoms with E-state index in [9.17, 15) is 14.9 Å². The van der Waals surface area contributed by atoms with E-state index in [-0.39, 0.29) is 36.1 Å². The van der Waals surface area contributed by atoms with Crippen molar-refractivity contribution in [1.82, 2.24) is 9.88 Å². The SMILES string of the molecule is CCOC(=O)c1c(C)nc(N)c([N+](=O)[O-])c1NCCCN(C)C.Cl. The number of carbonyl (C=O) groups is 1. The Labute approximate surface area is 147 Å². The highest BCUT2D eigenvalue weighted by Crippen LogP contribution is 2.35. The van der Waals surface area contributed by atoms with Crippen molar-refractivity contribution in [2.45, 2.75) is 20.3 Å². The Bertz CT molecular complexity index is 595. The van der Waals surface area contributed by atoms with Gasteiger partial charge in [-0.1, -0.05) is 0 Å². The van der Waals surface area contributed by atoms with E-state index >= 15 is 0 Å². The topological polar surface area (TPSA) is 124 Å². The van der Waals surface area contributed by atoms with Crippen molar-refractivity contribution in [3.05, 3.63) is 21.4 Å². The molecule has 0 aromatic carbocycles. The summed E-state index contributed by atoms with van der Waals surface area (Å²) in [5.41, 5.74) is 5.68. The molecule has 0 atom stereocenters. The number of anilines is 2. The standard InChI is InChI=1S/C14H23N5O4.ClH/c1-5-23-14(20)10-9(2)17-13(15)12(19(21)22)11(10)16-7-6-8-18(3)4;/h5-8H2,1-4H3,(H3,15,16,17);1H. The van der Waals surface area contributed by atoms with E-state index in [1.165, 1.54) is 0 Å². The average molecular weight is 362 g/mol. The zero-order valence-electron chi connectivity index (χ0n) is 14.3. The predicted molar refractivity (Wildman–Crippen MR) is 94.9 cm³/mol. The molecule has 136 valence electrons. The molecule has 1 aromatic rings. The first-order chi connectivity index (χ1) is 10.8. The molecule has 1 rings (SSSR count). The third kappa shape index (κ3) is 5.50. The molecule has 0 fully saturated rings. The molecular weight excluding hydrogens is 338 g/mol. The minimum atomic E-state index is -0.657. The van der Waals surface area contributed by atoms with E-state index in [2.05, 4.69) is 10.3 Å². The van der Waals surface area contributed by atoms with E-state index in [0.29, 0.717) is 12.2 Å². The van der Waals surface area contributed by atoms with E-state index in [4.69, 9.17) is 10.5 Å². The number of nitrogens with two attached hydrogens (primary N) is 1. The lowest BCUT2D eigenvalue weighted by molar-refractivity contribution is -0.383. The number of ether oxygens (including phenoxy) is 1. The first-order valence-electron chi connectivity index (χ1n) is 7.29. The highest BCUT2D eigenvalue weighted by atomic mass is 35.5. The van der Waals surface area contributed by atoms with Gasteiger partial charge in [-0.2, -0.15) is 0 Å². The number of hydrogen-bond acceptors (Lipinski definition) is 8. The summed E-state index contributed by atoms with van der Waals surface area (Å²) in [5.74, 6) is -0.883. The number of carbonyl (C=O) groups excluding carboxylic acids is 1. The third-order valence-corrected chi connectivity index (χ3v) is 3.13. The number of nitrogens with zero attached hydrogens (tertiary/aromatic N) is 3. The summed E-state index contributed by atoms with van der Waals surface area (Å²) >= 11 is 0. The number of nitrogen functional groups attached to an aromatic ring is 1. The average Bonchev–Trinajstić information content (AvgIpc) is 2.42. The molecule has 9 nitrogen and oxygen atoms in total. The number of hydrogen-bond donors (Lipinski definition) is 2. The molecule has 0 aliphatic carbocycles. The molecule has 0 amide bonds. The lowest BCUT2D eigenvalue weighted by Gasteiger charge is -2.15. The second-order valence-electron chi connectivity index (χ2n) is 5.24. The molecule has 0 saturated heterocycles. The van der Waals surface area contributed by atoms with Crippen molar-refractivity contribution in [2.75, 3.05) is 44.8 Å². The van der Waals surface area contributed by atoms with Crippen molar-refractivity contribution in [3.63, 3.8) is 0 Å². The maximum atomic E-state index is 12.1. The first kappa shape index (κ1) is 21.9. The number of nitro groups is 1. The van der Waals surface area contributed by atoms with Crippen LogP contribution >= 0.6 is 12.4 Å². The number of esters is 1. The Balaban J connectivity index is 0.00000529. The molecule has 0 aliphatic heterocycles. The van der Waals surface area contributed by atoms with Gasteiger partial charge in [0.15, 0.2) is 0 Å². The van der Waals surface area contributed by atoms with Crippen LogP contribution in [0.25, 0.3) is 0 Å². The van der Waals surface area contributed by atoms with Crippen LogP contribution in [0, 0.1) is 17.0 Å². The number of halogens is 1. The van der Waals surface area contributed by atoms with Crippen molar-refractivity contribution < 1.29 is 14.5 Å². The smallest absolute Gasteiger partial charge is 0.342 e. The van der Waals surface area contributed by atoms with Crippen LogP contribution in [0.2, 0.25) is 0 Å². The Morgan fingerprint density at radius 1 is 1.46 bits per heavy atom. The number of aryl methyl sites for hydroxylation is 1. The lowest BCUT2D eigenvalue weighted by atomic mass is 10.1. The first-order valence-corrected chi connectivity index (χ1v) is 7.29. The quantitative estimate of drug-likeness (QED) is 0.311. The van der Waals surface area contributed by atoms with Crippen LogP contribution < -0.4 is 11.1 Å². The zero-order valence-corrected chi connectivity index (χ0v) is 15.1. The predicted octanol–water partition coefficient (Wildman–Crippen LogP) is 1.84. The maximum absolute atomic E-state index is 12.1. The normalized spacial score (nSPS) is 10.2. The van der Waals surface area contributed by atoms with E-state index in [0.717, 1.165) is 13.0 Å². The van der Waals surface area contributed by atoms with Crippen LogP contribution in [-0.4, -0.2) is 54.6 Å². The third-order valence-electron chi connectivity index (χ3n) is 3.13. The Morgan fingerprint density at radius 3 is 2.58 bits per heavy atom. The van der Waals surface area contributed by atoms with Crippen LogP contribution in [0.5, 0.6) is 0 Å². The van der Waals surface area contributed by atoms with Gasteiger partial charge in [-0.15, -0.1) is 12.4 Å². The largest absolute Gasteiger partial charge is 0.462 e. The number of aromatic nitrogens is 1. The fraction of sp³-hybridized carbons (Fsp3) is 0.571. The highest BCUT2D eigenvalue weighted by Gasteiger charge is 2.29. The molecule has 0 aliphatic rings. The molecule has 3 N–H and O–H groups in total. The fourth-order valence-corrected chi connectivity index (χ4v) is 2.14. The summed E-state index contributed by atoms with van der Waals surface area (Å²) in [6.45, 7) is 4.65. The van der Waals surface area contributed by atoms with Gasteiger partial charge in [0.2, 0.25) is 5.82 Å². The van der Waals surface area contributed by atoms with Crippen LogP contribution in [0.1, 0.15) is 29.4 Å². The zero-order chi connectivity index (χ0) is 17.6. The summed E-state index contributed by atoms with van der Waals surface area (Å²) < 4.78 is 4.98. The number of rotatable bonds is 8. The van der Waals surface area contributed by atoms with Crippen molar-refractivity contribution in [2.24, 2.45) is 0 Å². The number of nitrogens with one attached hydrogen (secondary N) is 1. The van der Waals surface area contributed by atoms with E-state index < -0.39 is 16.6 Å². The fourth-order valence-electron chi connectivity index (χ4n) is 2.14. The van der Waals surface area contributed by atoms with Crippen LogP contribution in [-0.2, 0) is 4.74 Å². The summed E-state index contributed by atoms with van der Waals surface area (Å²) in [6, 6.07) is 0. The minimum Gasteiger partial charge on any atom is -0.462 e. The van der Waals surface area contributed by atoms with Gasteiger partial charge in [-0.3, -0.25) is 10.1 Å². The Morgan fingerprint density at radius 2 is 2.08 bits per heavy atom.